The molecule has 1 heterocycles. The van der Waals surface area contributed by atoms with Gasteiger partial charge in [0, 0.05) is 23.5 Å². The first-order chi connectivity index (χ1) is 15.0. The summed E-state index contributed by atoms with van der Waals surface area (Å²) in [6.07, 6.45) is 4.58. The molecule has 0 atom stereocenters. The topological polar surface area (TPSA) is 114 Å². The number of furan rings is 1. The normalized spacial score (nSPS) is 14.7. The molecule has 0 unspecified atom stereocenters. The molecule has 8 heteroatoms. The lowest BCUT2D eigenvalue weighted by Crippen LogP contribution is -2.38. The molecular formula is C23H21N3O5. The number of carbonyl (C=O) groups excluding carboxylic acids is 2. The number of carbonyl (C=O) groups is 2. The van der Waals surface area contributed by atoms with Crippen LogP contribution in [0, 0.1) is 10.1 Å². The maximum Gasteiger partial charge on any atom is 0.291 e. The smallest absolute Gasteiger partial charge is 0.291 e. The molecule has 8 nitrogen and oxygen atoms in total. The van der Waals surface area contributed by atoms with Crippen molar-refractivity contribution in [3.63, 3.8) is 0 Å². The number of rotatable bonds is 6. The minimum absolute atomic E-state index is 0.00250. The fraction of sp³-hybridized carbons (Fsp3) is 0.217. The van der Waals surface area contributed by atoms with E-state index in [1.807, 2.05) is 0 Å². The van der Waals surface area contributed by atoms with Crippen molar-refractivity contribution in [3.05, 3.63) is 88.4 Å². The Kier molecular flexibility index (Phi) is 5.53. The molecule has 4 rings (SSSR count). The Balaban J connectivity index is 1.53. The van der Waals surface area contributed by atoms with Gasteiger partial charge in [-0.05, 0) is 48.7 Å². The van der Waals surface area contributed by atoms with Gasteiger partial charge in [0.05, 0.1) is 16.6 Å². The van der Waals surface area contributed by atoms with E-state index in [2.05, 4.69) is 10.6 Å². The van der Waals surface area contributed by atoms with Crippen molar-refractivity contribution in [1.29, 1.82) is 0 Å². The Bertz CT molecular complexity index is 1100. The first-order valence-electron chi connectivity index (χ1n) is 9.99. The van der Waals surface area contributed by atoms with E-state index in [-0.39, 0.29) is 23.3 Å². The number of anilines is 2. The summed E-state index contributed by atoms with van der Waals surface area (Å²) >= 11 is 0. The van der Waals surface area contributed by atoms with Gasteiger partial charge in [-0.15, -0.1) is 0 Å². The molecule has 1 fully saturated rings. The molecule has 0 bridgehead atoms. The van der Waals surface area contributed by atoms with Crippen molar-refractivity contribution in [2.24, 2.45) is 0 Å². The van der Waals surface area contributed by atoms with Crippen LogP contribution in [0.3, 0.4) is 0 Å². The zero-order valence-electron chi connectivity index (χ0n) is 16.7. The van der Waals surface area contributed by atoms with Crippen molar-refractivity contribution >= 4 is 28.9 Å². The van der Waals surface area contributed by atoms with Crippen LogP contribution in [0.25, 0.3) is 0 Å². The molecule has 1 aromatic heterocycles. The predicted molar refractivity (Wildman–Crippen MR) is 115 cm³/mol. The van der Waals surface area contributed by atoms with Gasteiger partial charge in [-0.2, -0.15) is 0 Å². The van der Waals surface area contributed by atoms with Crippen molar-refractivity contribution in [2.75, 3.05) is 10.6 Å². The van der Waals surface area contributed by atoms with Gasteiger partial charge in [0.1, 0.15) is 0 Å². The average molecular weight is 419 g/mol. The van der Waals surface area contributed by atoms with Gasteiger partial charge >= 0.3 is 0 Å². The van der Waals surface area contributed by atoms with Crippen LogP contribution in [-0.4, -0.2) is 16.7 Å². The van der Waals surface area contributed by atoms with Gasteiger partial charge in [0.15, 0.2) is 5.76 Å². The van der Waals surface area contributed by atoms with Crippen molar-refractivity contribution < 1.29 is 18.9 Å². The summed E-state index contributed by atoms with van der Waals surface area (Å²) in [5.74, 6) is -0.350. The van der Waals surface area contributed by atoms with E-state index in [0.717, 1.165) is 18.4 Å². The molecular weight excluding hydrogens is 398 g/mol. The number of amides is 2. The molecule has 0 saturated heterocycles. The lowest BCUT2D eigenvalue weighted by molar-refractivity contribution is -0.384. The van der Waals surface area contributed by atoms with E-state index < -0.39 is 10.3 Å². The Hall–Kier alpha value is -3.94. The third-order valence-corrected chi connectivity index (χ3v) is 5.65. The maximum absolute atomic E-state index is 13.3. The number of nitro groups is 1. The SMILES string of the molecule is O=C(Nc1cccc(NC(=O)C2(c3ccc([N+](=O)[O-])cc3)CCCC2)c1)c1ccco1. The van der Waals surface area contributed by atoms with Crippen LogP contribution in [-0.2, 0) is 10.2 Å². The molecule has 2 N–H and O–H groups in total. The van der Waals surface area contributed by atoms with E-state index >= 15 is 0 Å². The average Bonchev–Trinajstić information content (AvgIpc) is 3.47. The first-order valence-corrected chi connectivity index (χ1v) is 9.99. The molecule has 1 saturated carbocycles. The zero-order valence-corrected chi connectivity index (χ0v) is 16.7. The fourth-order valence-corrected chi connectivity index (χ4v) is 4.05. The molecule has 0 radical (unpaired) electrons. The lowest BCUT2D eigenvalue weighted by atomic mass is 9.78. The molecule has 2 amide bonds. The number of benzene rings is 2. The van der Waals surface area contributed by atoms with Gasteiger partial charge in [-0.25, -0.2) is 0 Å². The summed E-state index contributed by atoms with van der Waals surface area (Å²) in [5.41, 5.74) is 1.11. The zero-order chi connectivity index (χ0) is 21.8. The molecule has 2 aromatic carbocycles. The van der Waals surface area contributed by atoms with Gasteiger partial charge in [-0.1, -0.05) is 31.0 Å². The van der Waals surface area contributed by atoms with Gasteiger partial charge in [-0.3, -0.25) is 19.7 Å². The number of hydrogen-bond donors (Lipinski definition) is 2. The molecule has 158 valence electrons. The maximum atomic E-state index is 13.3. The third-order valence-electron chi connectivity index (χ3n) is 5.65. The fourth-order valence-electron chi connectivity index (χ4n) is 4.05. The number of hydrogen-bond acceptors (Lipinski definition) is 5. The highest BCUT2D eigenvalue weighted by Crippen LogP contribution is 2.42. The molecule has 0 aliphatic heterocycles. The van der Waals surface area contributed by atoms with E-state index in [0.29, 0.717) is 24.2 Å². The second-order valence-corrected chi connectivity index (χ2v) is 7.56. The Morgan fingerprint density at radius 3 is 2.23 bits per heavy atom. The van der Waals surface area contributed by atoms with Crippen molar-refractivity contribution in [3.8, 4) is 0 Å². The van der Waals surface area contributed by atoms with Gasteiger partial charge in [0.25, 0.3) is 11.6 Å². The second kappa shape index (κ2) is 8.43. The summed E-state index contributed by atoms with van der Waals surface area (Å²) in [7, 11) is 0. The summed E-state index contributed by atoms with van der Waals surface area (Å²) in [4.78, 5) is 36.0. The van der Waals surface area contributed by atoms with Crippen LogP contribution in [0.1, 0.15) is 41.8 Å². The van der Waals surface area contributed by atoms with Crippen LogP contribution >= 0.6 is 0 Å². The van der Waals surface area contributed by atoms with Crippen molar-refractivity contribution in [1.82, 2.24) is 0 Å². The minimum atomic E-state index is -0.734. The number of nitrogens with zero attached hydrogens (tertiary/aromatic N) is 1. The van der Waals surface area contributed by atoms with E-state index in [1.165, 1.54) is 18.4 Å². The van der Waals surface area contributed by atoms with Crippen LogP contribution in [0.4, 0.5) is 17.1 Å². The molecule has 3 aromatic rings. The standard InChI is InChI=1S/C23H21N3O5/c27-21(20-7-4-14-31-20)24-17-5-3-6-18(15-17)25-22(28)23(12-1-2-13-23)16-8-10-19(11-9-16)26(29)30/h3-11,14-15H,1-2,12-13H2,(H,24,27)(H,25,28). The van der Waals surface area contributed by atoms with E-state index in [4.69, 9.17) is 4.42 Å². The Labute approximate surface area is 178 Å². The highest BCUT2D eigenvalue weighted by atomic mass is 16.6. The molecule has 1 aliphatic carbocycles. The molecule has 31 heavy (non-hydrogen) atoms. The minimum Gasteiger partial charge on any atom is -0.459 e. The van der Waals surface area contributed by atoms with Gasteiger partial charge in [0.2, 0.25) is 5.91 Å². The number of nitrogens with one attached hydrogen (secondary N) is 2. The summed E-state index contributed by atoms with van der Waals surface area (Å²) in [6.45, 7) is 0. The highest BCUT2D eigenvalue weighted by molar-refractivity contribution is 6.03. The van der Waals surface area contributed by atoms with Crippen LogP contribution in [0.15, 0.2) is 71.3 Å². The highest BCUT2D eigenvalue weighted by Gasteiger charge is 2.42. The summed E-state index contributed by atoms with van der Waals surface area (Å²) < 4.78 is 5.09. The molecule has 1 aliphatic rings. The largest absolute Gasteiger partial charge is 0.459 e. The van der Waals surface area contributed by atoms with Crippen LogP contribution < -0.4 is 10.6 Å². The first kappa shape index (κ1) is 20.3. The quantitative estimate of drug-likeness (QED) is 0.436. The number of nitro benzene ring substituents is 1. The van der Waals surface area contributed by atoms with Crippen molar-refractivity contribution in [2.45, 2.75) is 31.1 Å². The van der Waals surface area contributed by atoms with Crippen LogP contribution in [0.5, 0.6) is 0 Å². The number of non-ortho nitro benzene ring substituents is 1. The Morgan fingerprint density at radius 2 is 1.61 bits per heavy atom. The van der Waals surface area contributed by atoms with Crippen LogP contribution in [0.2, 0.25) is 0 Å². The van der Waals surface area contributed by atoms with Gasteiger partial charge < -0.3 is 15.1 Å². The lowest BCUT2D eigenvalue weighted by Gasteiger charge is -2.28. The summed E-state index contributed by atoms with van der Waals surface area (Å²) in [5, 5.41) is 16.7. The summed E-state index contributed by atoms with van der Waals surface area (Å²) in [6, 6.07) is 16.3. The third kappa shape index (κ3) is 4.18. The van der Waals surface area contributed by atoms with E-state index in [9.17, 15) is 19.7 Å². The predicted octanol–water partition coefficient (Wildman–Crippen LogP) is 4.89. The monoisotopic (exact) mass is 419 g/mol. The second-order valence-electron chi connectivity index (χ2n) is 7.56. The van der Waals surface area contributed by atoms with E-state index in [1.54, 1.807) is 48.5 Å². The Morgan fingerprint density at radius 1 is 0.935 bits per heavy atom. The molecule has 0 spiro atoms.